The van der Waals surface area contributed by atoms with Crippen molar-refractivity contribution in [1.82, 2.24) is 10.6 Å². The van der Waals surface area contributed by atoms with Crippen LogP contribution in [0, 0.1) is 50.2 Å². The number of allylic oxidation sites excluding steroid dienone is 2. The molecule has 2 amide bonds. The van der Waals surface area contributed by atoms with E-state index in [0.717, 1.165) is 51.4 Å². The Balaban J connectivity index is 1.12. The topological polar surface area (TPSA) is 234 Å². The second kappa shape index (κ2) is 16.3. The molecule has 61 heavy (non-hydrogen) atoms. The van der Waals surface area contributed by atoms with Crippen LogP contribution in [0.5, 0.6) is 0 Å². The molecule has 0 bridgehead atoms. The average molecular weight is 863 g/mol. The van der Waals surface area contributed by atoms with Gasteiger partial charge >= 0.3 is 5.97 Å². The van der Waals surface area contributed by atoms with Gasteiger partial charge in [-0.1, -0.05) is 60.1 Å². The first kappa shape index (κ1) is 46.8. The van der Waals surface area contributed by atoms with E-state index >= 15 is 0 Å². The van der Waals surface area contributed by atoms with Crippen LogP contribution in [-0.2, 0) is 33.3 Å². The Labute approximate surface area is 360 Å². The Bertz CT molecular complexity index is 1720. The maximum Gasteiger partial charge on any atom is 0.310 e. The van der Waals surface area contributed by atoms with E-state index in [9.17, 15) is 45.0 Å². The van der Waals surface area contributed by atoms with Crippen molar-refractivity contribution in [1.29, 1.82) is 0 Å². The molecule has 0 aromatic rings. The zero-order valence-corrected chi connectivity index (χ0v) is 37.7. The Morgan fingerprint density at radius 1 is 0.738 bits per heavy atom. The SMILES string of the molecule is CC(=O)N[C@H]1[C@H](O[C@H]2CC[C@]3(C)[C@H]4CC=C5[C@@H]6CC(C)(C)CC[C@]6(C(=O)O)CC[C@@]5(C)[C@]4(C)CC[C@H]3C2(C)C)O[C@H](CO)[C@@H](O[C@@H]2O[C@H](CO)[C@@H](O)[C@H](O)[C@H]2NC(C)=O)[C@@H]1O. The molecule has 0 aromatic carbocycles. The first-order chi connectivity index (χ1) is 28.4. The molecule has 0 aromatic heterocycles. The number of aliphatic hydroxyl groups excluding tert-OH is 5. The van der Waals surface area contributed by atoms with Crippen molar-refractivity contribution < 1.29 is 64.0 Å². The highest BCUT2D eigenvalue weighted by atomic mass is 16.7. The lowest BCUT2D eigenvalue weighted by Crippen LogP contribution is -2.70. The summed E-state index contributed by atoms with van der Waals surface area (Å²) in [5.74, 6) is -1.00. The molecule has 18 atom stereocenters. The second-order valence-corrected chi connectivity index (χ2v) is 22.1. The summed E-state index contributed by atoms with van der Waals surface area (Å²) in [5, 5.41) is 69.9. The first-order valence-electron chi connectivity index (χ1n) is 22.8. The summed E-state index contributed by atoms with van der Waals surface area (Å²) in [5.41, 5.74) is 0.213. The smallest absolute Gasteiger partial charge is 0.310 e. The molecule has 0 unspecified atom stereocenters. The molecule has 15 heteroatoms. The highest BCUT2D eigenvalue weighted by Gasteiger charge is 2.70. The van der Waals surface area contributed by atoms with Crippen LogP contribution in [0.4, 0.5) is 0 Å². The minimum atomic E-state index is -1.61. The summed E-state index contributed by atoms with van der Waals surface area (Å²) in [6.45, 7) is 17.7. The predicted octanol–water partition coefficient (Wildman–Crippen LogP) is 3.17. The van der Waals surface area contributed by atoms with Gasteiger partial charge in [-0.15, -0.1) is 0 Å². The second-order valence-electron chi connectivity index (χ2n) is 22.1. The maximum atomic E-state index is 13.1. The van der Waals surface area contributed by atoms with Crippen molar-refractivity contribution in [3.05, 3.63) is 11.6 Å². The van der Waals surface area contributed by atoms with E-state index in [4.69, 9.17) is 18.9 Å². The minimum absolute atomic E-state index is 0.0267. The minimum Gasteiger partial charge on any atom is -0.481 e. The van der Waals surface area contributed by atoms with Crippen LogP contribution in [-0.4, -0.2) is 129 Å². The summed E-state index contributed by atoms with van der Waals surface area (Å²) >= 11 is 0. The molecule has 6 fully saturated rings. The number of aliphatic hydroxyl groups is 5. The Kier molecular flexibility index (Phi) is 12.5. The fourth-order valence-electron chi connectivity index (χ4n) is 14.5. The number of amides is 2. The van der Waals surface area contributed by atoms with Gasteiger partial charge in [-0.25, -0.2) is 0 Å². The molecule has 2 aliphatic heterocycles. The van der Waals surface area contributed by atoms with Crippen LogP contribution < -0.4 is 10.6 Å². The summed E-state index contributed by atoms with van der Waals surface area (Å²) < 4.78 is 25.2. The number of rotatable bonds is 9. The number of hydrogen-bond acceptors (Lipinski definition) is 12. The number of fused-ring (bicyclic) bond motifs is 7. The maximum absolute atomic E-state index is 13.1. The Morgan fingerprint density at radius 3 is 1.93 bits per heavy atom. The standard InChI is InChI=1S/C46H74N2O13/c1-23(51)47-32-35(54)34(53)27(21-49)58-39(32)61-37-28(22-50)59-38(33(36(37)55)48-24(2)52)60-31-13-14-43(7)29(42(31,5)6)12-15-45(9)30(43)11-10-25-26-20-41(3,4)16-18-46(26,40(56)57)19-17-44(25,45)8/h10,26-39,49-50,53-55H,11-22H2,1-9H3,(H,47,51)(H,48,52)(H,56,57)/t26-,27+,28+,29-,30+,31-,32+,33+,34+,35+,36+,37+,38-,39-,43-,44+,45+,46-/m0/s1. The third-order valence-electron chi connectivity index (χ3n) is 18.1. The Hall–Kier alpha value is -2.21. The first-order valence-corrected chi connectivity index (χ1v) is 22.8. The van der Waals surface area contributed by atoms with E-state index in [-0.39, 0.29) is 45.0 Å². The molecule has 0 spiro atoms. The fourth-order valence-corrected chi connectivity index (χ4v) is 14.5. The third kappa shape index (κ3) is 7.51. The van der Waals surface area contributed by atoms with Crippen molar-refractivity contribution >= 4 is 17.8 Å². The fraction of sp³-hybridized carbons (Fsp3) is 0.891. The normalized spacial score (nSPS) is 48.9. The van der Waals surface area contributed by atoms with Crippen LogP contribution in [0.1, 0.15) is 127 Å². The molecular weight excluding hydrogens is 789 g/mol. The molecule has 2 heterocycles. The molecule has 0 radical (unpaired) electrons. The largest absolute Gasteiger partial charge is 0.481 e. The molecule has 8 N–H and O–H groups in total. The van der Waals surface area contributed by atoms with Crippen LogP contribution >= 0.6 is 0 Å². The lowest BCUT2D eigenvalue weighted by Gasteiger charge is -2.71. The Morgan fingerprint density at radius 2 is 1.33 bits per heavy atom. The summed E-state index contributed by atoms with van der Waals surface area (Å²) in [6.07, 6.45) is -0.520. The third-order valence-corrected chi connectivity index (χ3v) is 18.1. The van der Waals surface area contributed by atoms with Crippen LogP contribution in [0.3, 0.4) is 0 Å². The van der Waals surface area contributed by atoms with Crippen LogP contribution in [0.15, 0.2) is 11.6 Å². The number of carboxylic acid groups (broad SMARTS) is 1. The lowest BCUT2D eigenvalue weighted by molar-refractivity contribution is -0.343. The van der Waals surface area contributed by atoms with Gasteiger partial charge in [-0.2, -0.15) is 0 Å². The number of aliphatic carboxylic acids is 1. The van der Waals surface area contributed by atoms with Crippen molar-refractivity contribution in [3.8, 4) is 0 Å². The zero-order chi connectivity index (χ0) is 44.8. The van der Waals surface area contributed by atoms with Crippen molar-refractivity contribution in [3.63, 3.8) is 0 Å². The number of nitrogens with one attached hydrogen (secondary N) is 2. The van der Waals surface area contributed by atoms with Gasteiger partial charge in [0.1, 0.15) is 48.7 Å². The molecule has 346 valence electrons. The van der Waals surface area contributed by atoms with Crippen LogP contribution in [0.25, 0.3) is 0 Å². The van der Waals surface area contributed by atoms with Gasteiger partial charge < -0.3 is 60.2 Å². The number of carboxylic acids is 1. The monoisotopic (exact) mass is 863 g/mol. The summed E-state index contributed by atoms with van der Waals surface area (Å²) in [4.78, 5) is 37.9. The van der Waals surface area contributed by atoms with E-state index in [2.05, 4.69) is 65.2 Å². The van der Waals surface area contributed by atoms with Gasteiger partial charge in [0.05, 0.1) is 24.7 Å². The van der Waals surface area contributed by atoms with Gasteiger partial charge in [-0.05, 0) is 109 Å². The van der Waals surface area contributed by atoms with Gasteiger partial charge in [0.2, 0.25) is 11.8 Å². The number of carbonyl (C=O) groups is 3. The molecular formula is C46H74N2O13. The quantitative estimate of drug-likeness (QED) is 0.123. The van der Waals surface area contributed by atoms with Crippen molar-refractivity contribution in [2.24, 2.45) is 50.2 Å². The van der Waals surface area contributed by atoms with E-state index in [1.807, 2.05) is 0 Å². The van der Waals surface area contributed by atoms with Gasteiger partial charge in [0.25, 0.3) is 0 Å². The van der Waals surface area contributed by atoms with E-state index in [1.165, 1.54) is 19.4 Å². The number of ether oxygens (including phenoxy) is 4. The average Bonchev–Trinajstić information content (AvgIpc) is 3.17. The highest BCUT2D eigenvalue weighted by Crippen LogP contribution is 2.76. The zero-order valence-electron chi connectivity index (χ0n) is 37.7. The van der Waals surface area contributed by atoms with Crippen LogP contribution in [0.2, 0.25) is 0 Å². The van der Waals surface area contributed by atoms with Gasteiger partial charge in [0.15, 0.2) is 12.6 Å². The molecule has 7 aliphatic rings. The molecule has 2 saturated heterocycles. The summed E-state index contributed by atoms with van der Waals surface area (Å²) in [6, 6.07) is -2.47. The van der Waals surface area contributed by atoms with Gasteiger partial charge in [-0.3, -0.25) is 14.4 Å². The van der Waals surface area contributed by atoms with E-state index < -0.39 is 97.7 Å². The highest BCUT2D eigenvalue weighted by molar-refractivity contribution is 5.77. The van der Waals surface area contributed by atoms with E-state index in [0.29, 0.717) is 18.8 Å². The number of carbonyl (C=O) groups excluding carboxylic acids is 2. The molecule has 4 saturated carbocycles. The van der Waals surface area contributed by atoms with E-state index in [1.54, 1.807) is 0 Å². The molecule has 7 rings (SSSR count). The van der Waals surface area contributed by atoms with Crippen molar-refractivity contribution in [2.45, 2.75) is 194 Å². The van der Waals surface area contributed by atoms with Crippen molar-refractivity contribution in [2.75, 3.05) is 13.2 Å². The van der Waals surface area contributed by atoms with Gasteiger partial charge in [0, 0.05) is 13.8 Å². The summed E-state index contributed by atoms with van der Waals surface area (Å²) in [7, 11) is 0. The molecule has 15 nitrogen and oxygen atoms in total. The predicted molar refractivity (Wildman–Crippen MR) is 221 cm³/mol. The lowest BCUT2D eigenvalue weighted by atomic mass is 9.33. The molecule has 5 aliphatic carbocycles. The number of hydrogen-bond donors (Lipinski definition) is 8.